The van der Waals surface area contributed by atoms with Gasteiger partial charge in [0, 0.05) is 6.04 Å². The van der Waals surface area contributed by atoms with E-state index in [0.29, 0.717) is 5.41 Å². The van der Waals surface area contributed by atoms with E-state index >= 15 is 0 Å². The molecule has 2 heteroatoms. The van der Waals surface area contributed by atoms with Crippen molar-refractivity contribution in [2.75, 3.05) is 13.1 Å². The van der Waals surface area contributed by atoms with Gasteiger partial charge in [0.25, 0.3) is 0 Å². The van der Waals surface area contributed by atoms with Gasteiger partial charge in [-0.3, -0.25) is 0 Å². The molecule has 1 aliphatic rings. The normalized spacial score (nSPS) is 26.4. The van der Waals surface area contributed by atoms with E-state index in [9.17, 15) is 0 Å². The molecule has 1 rings (SSSR count). The van der Waals surface area contributed by atoms with Gasteiger partial charge in [0.05, 0.1) is 0 Å². The zero-order valence-electron chi connectivity index (χ0n) is 9.81. The Morgan fingerprint density at radius 2 is 2.07 bits per heavy atom. The standard InChI is InChI=1S/C12H26N2/c1-12(2)8-4-3-7-11(12)14-10-6-5-9-13/h11,14H,3-10,13H2,1-2H3. The van der Waals surface area contributed by atoms with Crippen LogP contribution in [0.2, 0.25) is 0 Å². The fraction of sp³-hybridized carbons (Fsp3) is 1.00. The van der Waals surface area contributed by atoms with E-state index in [4.69, 9.17) is 5.73 Å². The average molecular weight is 198 g/mol. The number of nitrogens with two attached hydrogens (primary N) is 1. The molecular formula is C12H26N2. The second kappa shape index (κ2) is 5.72. The zero-order chi connectivity index (χ0) is 10.4. The lowest BCUT2D eigenvalue weighted by Crippen LogP contribution is -2.44. The Kier molecular flexibility index (Phi) is 4.90. The summed E-state index contributed by atoms with van der Waals surface area (Å²) in [7, 11) is 0. The highest BCUT2D eigenvalue weighted by Gasteiger charge is 2.31. The largest absolute Gasteiger partial charge is 0.330 e. The number of hydrogen-bond acceptors (Lipinski definition) is 2. The minimum absolute atomic E-state index is 0.501. The minimum Gasteiger partial charge on any atom is -0.330 e. The molecule has 84 valence electrons. The molecule has 0 aromatic rings. The number of rotatable bonds is 5. The molecule has 0 aromatic carbocycles. The summed E-state index contributed by atoms with van der Waals surface area (Å²) in [5.41, 5.74) is 5.97. The molecule has 1 saturated carbocycles. The Labute approximate surface area is 88.6 Å². The second-order valence-corrected chi connectivity index (χ2v) is 5.24. The van der Waals surface area contributed by atoms with Gasteiger partial charge in [-0.2, -0.15) is 0 Å². The maximum absolute atomic E-state index is 5.47. The zero-order valence-corrected chi connectivity index (χ0v) is 9.81. The second-order valence-electron chi connectivity index (χ2n) is 5.24. The van der Waals surface area contributed by atoms with E-state index in [1.807, 2.05) is 0 Å². The summed E-state index contributed by atoms with van der Waals surface area (Å²) in [6, 6.07) is 0.731. The molecule has 1 atom stereocenters. The molecular weight excluding hydrogens is 172 g/mol. The molecule has 0 radical (unpaired) electrons. The van der Waals surface area contributed by atoms with Crippen LogP contribution in [-0.2, 0) is 0 Å². The Bertz CT molecular complexity index is 154. The fourth-order valence-corrected chi connectivity index (χ4v) is 2.42. The Hall–Kier alpha value is -0.0800. The van der Waals surface area contributed by atoms with E-state index in [1.54, 1.807) is 0 Å². The Morgan fingerprint density at radius 1 is 1.29 bits per heavy atom. The maximum Gasteiger partial charge on any atom is 0.0118 e. The highest BCUT2D eigenvalue weighted by Crippen LogP contribution is 2.35. The molecule has 2 nitrogen and oxygen atoms in total. The molecule has 3 N–H and O–H groups in total. The number of nitrogens with one attached hydrogen (secondary N) is 1. The summed E-state index contributed by atoms with van der Waals surface area (Å²) in [5, 5.41) is 3.69. The van der Waals surface area contributed by atoms with Gasteiger partial charge in [0.1, 0.15) is 0 Å². The van der Waals surface area contributed by atoms with Crippen LogP contribution in [-0.4, -0.2) is 19.1 Å². The third kappa shape index (κ3) is 3.58. The number of unbranched alkanes of at least 4 members (excludes halogenated alkanes) is 1. The van der Waals surface area contributed by atoms with Crippen molar-refractivity contribution in [3.8, 4) is 0 Å². The van der Waals surface area contributed by atoms with Crippen molar-refractivity contribution in [1.82, 2.24) is 5.32 Å². The van der Waals surface area contributed by atoms with Gasteiger partial charge in [-0.1, -0.05) is 26.7 Å². The molecule has 1 unspecified atom stereocenters. The van der Waals surface area contributed by atoms with Crippen molar-refractivity contribution in [3.05, 3.63) is 0 Å². The topological polar surface area (TPSA) is 38.0 Å². The first-order valence-corrected chi connectivity index (χ1v) is 6.10. The van der Waals surface area contributed by atoms with Crippen LogP contribution < -0.4 is 11.1 Å². The van der Waals surface area contributed by atoms with Gasteiger partial charge in [-0.15, -0.1) is 0 Å². The van der Waals surface area contributed by atoms with Gasteiger partial charge in [0.2, 0.25) is 0 Å². The predicted molar refractivity (Wildman–Crippen MR) is 62.3 cm³/mol. The highest BCUT2D eigenvalue weighted by atomic mass is 14.9. The molecule has 0 aliphatic heterocycles. The quantitative estimate of drug-likeness (QED) is 0.665. The molecule has 0 spiro atoms. The lowest BCUT2D eigenvalue weighted by Gasteiger charge is -2.39. The van der Waals surface area contributed by atoms with Gasteiger partial charge in [0.15, 0.2) is 0 Å². The van der Waals surface area contributed by atoms with Crippen molar-refractivity contribution in [1.29, 1.82) is 0 Å². The van der Waals surface area contributed by atoms with Crippen LogP contribution in [0.1, 0.15) is 52.4 Å². The van der Waals surface area contributed by atoms with E-state index in [0.717, 1.165) is 25.6 Å². The Morgan fingerprint density at radius 3 is 2.71 bits per heavy atom. The van der Waals surface area contributed by atoms with Crippen LogP contribution in [0.5, 0.6) is 0 Å². The van der Waals surface area contributed by atoms with Crippen LogP contribution in [0.3, 0.4) is 0 Å². The first kappa shape index (κ1) is 12.0. The van der Waals surface area contributed by atoms with Gasteiger partial charge < -0.3 is 11.1 Å². The van der Waals surface area contributed by atoms with Crippen molar-refractivity contribution < 1.29 is 0 Å². The third-order valence-electron chi connectivity index (χ3n) is 3.53. The SMILES string of the molecule is CC1(C)CCCCC1NCCCCN. The summed E-state index contributed by atoms with van der Waals surface area (Å²) in [6.45, 7) is 6.76. The molecule has 1 aliphatic carbocycles. The lowest BCUT2D eigenvalue weighted by atomic mass is 9.73. The predicted octanol–water partition coefficient (Wildman–Crippen LogP) is 2.28. The molecule has 14 heavy (non-hydrogen) atoms. The van der Waals surface area contributed by atoms with Crippen molar-refractivity contribution in [2.24, 2.45) is 11.1 Å². The van der Waals surface area contributed by atoms with Gasteiger partial charge >= 0.3 is 0 Å². The minimum atomic E-state index is 0.501. The van der Waals surface area contributed by atoms with Crippen LogP contribution in [0, 0.1) is 5.41 Å². The molecule has 1 fully saturated rings. The summed E-state index contributed by atoms with van der Waals surface area (Å²) >= 11 is 0. The smallest absolute Gasteiger partial charge is 0.0118 e. The average Bonchev–Trinajstić information content (AvgIpc) is 2.14. The molecule has 0 saturated heterocycles. The van der Waals surface area contributed by atoms with Crippen LogP contribution in [0.4, 0.5) is 0 Å². The summed E-state index contributed by atoms with van der Waals surface area (Å²) in [5.74, 6) is 0. The maximum atomic E-state index is 5.47. The third-order valence-corrected chi connectivity index (χ3v) is 3.53. The van der Waals surface area contributed by atoms with E-state index in [2.05, 4.69) is 19.2 Å². The highest BCUT2D eigenvalue weighted by molar-refractivity contribution is 4.87. The van der Waals surface area contributed by atoms with Crippen molar-refractivity contribution >= 4 is 0 Å². The first-order chi connectivity index (χ1) is 6.67. The van der Waals surface area contributed by atoms with E-state index in [1.165, 1.54) is 32.1 Å². The van der Waals surface area contributed by atoms with Crippen LogP contribution in [0.25, 0.3) is 0 Å². The summed E-state index contributed by atoms with van der Waals surface area (Å²) < 4.78 is 0. The summed E-state index contributed by atoms with van der Waals surface area (Å²) in [6.07, 6.45) is 7.92. The van der Waals surface area contributed by atoms with E-state index < -0.39 is 0 Å². The van der Waals surface area contributed by atoms with Gasteiger partial charge in [-0.25, -0.2) is 0 Å². The Balaban J connectivity index is 2.20. The molecule has 0 bridgehead atoms. The summed E-state index contributed by atoms with van der Waals surface area (Å²) in [4.78, 5) is 0. The lowest BCUT2D eigenvalue weighted by molar-refractivity contribution is 0.168. The molecule has 0 heterocycles. The van der Waals surface area contributed by atoms with Crippen molar-refractivity contribution in [2.45, 2.75) is 58.4 Å². The molecule has 0 aromatic heterocycles. The monoisotopic (exact) mass is 198 g/mol. The van der Waals surface area contributed by atoms with Crippen LogP contribution in [0.15, 0.2) is 0 Å². The number of hydrogen-bond donors (Lipinski definition) is 2. The van der Waals surface area contributed by atoms with Gasteiger partial charge in [-0.05, 0) is 44.2 Å². The van der Waals surface area contributed by atoms with Crippen LogP contribution >= 0.6 is 0 Å². The first-order valence-electron chi connectivity index (χ1n) is 6.10. The van der Waals surface area contributed by atoms with E-state index in [-0.39, 0.29) is 0 Å². The fourth-order valence-electron chi connectivity index (χ4n) is 2.42. The molecule has 0 amide bonds. The van der Waals surface area contributed by atoms with Crippen molar-refractivity contribution in [3.63, 3.8) is 0 Å².